The van der Waals surface area contributed by atoms with E-state index in [4.69, 9.17) is 0 Å². The number of fused-ring (bicyclic) bond motifs is 1. The molecule has 3 nitrogen and oxygen atoms in total. The smallest absolute Gasteiger partial charge is 0.0859 e. The van der Waals surface area contributed by atoms with Crippen LogP contribution in [-0.4, -0.2) is 15.4 Å². The molecule has 0 spiro atoms. The van der Waals surface area contributed by atoms with Crippen LogP contribution in [-0.2, 0) is 12.8 Å². The third kappa shape index (κ3) is 0.384. The summed E-state index contributed by atoms with van der Waals surface area (Å²) in [6.45, 7) is 0. The summed E-state index contributed by atoms with van der Waals surface area (Å²) >= 11 is 0. The van der Waals surface area contributed by atoms with Crippen LogP contribution in [0.2, 0.25) is 0 Å². The Hall–Kier alpha value is -0.860. The fraction of sp³-hybridized carbons (Fsp3) is 0.400. The Morgan fingerprint density at radius 1 is 1.50 bits per heavy atom. The molecule has 0 aliphatic heterocycles. The Morgan fingerprint density at radius 2 is 2.50 bits per heavy atom. The van der Waals surface area contributed by atoms with Gasteiger partial charge in [0.2, 0.25) is 0 Å². The van der Waals surface area contributed by atoms with Gasteiger partial charge in [0.1, 0.15) is 0 Å². The van der Waals surface area contributed by atoms with E-state index in [0.29, 0.717) is 0 Å². The molecular formula is C5H6N3. The predicted octanol–water partition coefficient (Wildman–Crippen LogP) is 0.108. The predicted molar refractivity (Wildman–Crippen MR) is 28.1 cm³/mol. The molecule has 1 aromatic heterocycles. The summed E-state index contributed by atoms with van der Waals surface area (Å²) in [7, 11) is 0. The Labute approximate surface area is 47.1 Å². The second-order valence-electron chi connectivity index (χ2n) is 1.93. The molecule has 41 valence electrons. The zero-order valence-electron chi connectivity index (χ0n) is 4.39. The lowest BCUT2D eigenvalue weighted by atomic mass is 10.4. The topological polar surface area (TPSA) is 41.6 Å². The Balaban J connectivity index is 2.54. The first-order chi connectivity index (χ1) is 3.97. The largest absolute Gasteiger partial charge is 0.262 e. The van der Waals surface area contributed by atoms with Crippen LogP contribution in [0.4, 0.5) is 0 Å². The summed E-state index contributed by atoms with van der Waals surface area (Å²) in [5.74, 6) is 0. The van der Waals surface area contributed by atoms with E-state index in [9.17, 15) is 0 Å². The minimum atomic E-state index is 0.992. The van der Waals surface area contributed by atoms with Gasteiger partial charge in [-0.25, -0.2) is 0 Å². The lowest BCUT2D eigenvalue weighted by Gasteiger charge is -1.76. The van der Waals surface area contributed by atoms with E-state index in [-0.39, 0.29) is 0 Å². The molecule has 1 radical (unpaired) electrons. The van der Waals surface area contributed by atoms with Crippen molar-refractivity contribution in [2.75, 3.05) is 0 Å². The van der Waals surface area contributed by atoms with Gasteiger partial charge >= 0.3 is 0 Å². The van der Waals surface area contributed by atoms with Crippen molar-refractivity contribution < 1.29 is 0 Å². The molecule has 3 heteroatoms. The van der Waals surface area contributed by atoms with E-state index in [1.54, 1.807) is 0 Å². The molecule has 0 amide bonds. The van der Waals surface area contributed by atoms with Crippen molar-refractivity contribution in [1.82, 2.24) is 15.4 Å². The fourth-order valence-corrected chi connectivity index (χ4v) is 0.951. The van der Waals surface area contributed by atoms with Gasteiger partial charge in [-0.3, -0.25) is 5.10 Å². The Kier molecular flexibility index (Phi) is 0.664. The van der Waals surface area contributed by atoms with E-state index >= 15 is 0 Å². The van der Waals surface area contributed by atoms with Gasteiger partial charge in [0.05, 0.1) is 11.4 Å². The molecule has 0 unspecified atom stereocenters. The minimum Gasteiger partial charge on any atom is -0.262 e. The van der Waals surface area contributed by atoms with Gasteiger partial charge in [0.25, 0.3) is 0 Å². The molecule has 1 aromatic rings. The lowest BCUT2D eigenvalue weighted by molar-refractivity contribution is 0.881. The molecule has 0 bridgehead atoms. The molecule has 0 saturated heterocycles. The number of nitrogens with one attached hydrogen (secondary N) is 1. The first-order valence-electron chi connectivity index (χ1n) is 2.67. The van der Waals surface area contributed by atoms with Crippen molar-refractivity contribution in [2.24, 2.45) is 0 Å². The van der Waals surface area contributed by atoms with E-state index < -0.39 is 0 Å². The highest BCUT2D eigenvalue weighted by Gasteiger charge is 2.12. The number of hydrogen-bond acceptors (Lipinski definition) is 2. The van der Waals surface area contributed by atoms with Gasteiger partial charge in [-0.05, 0) is 19.3 Å². The standard InChI is InChI=1S/C5H6N3/c1-2-4-5(3-1)7-8-6-4/h1H,2-3H2,(H,6,7,8). The fourth-order valence-electron chi connectivity index (χ4n) is 0.951. The molecule has 1 heterocycles. The maximum Gasteiger partial charge on any atom is 0.0859 e. The first kappa shape index (κ1) is 4.06. The monoisotopic (exact) mass is 108 g/mol. The van der Waals surface area contributed by atoms with Crippen molar-refractivity contribution in [3.05, 3.63) is 17.8 Å². The summed E-state index contributed by atoms with van der Waals surface area (Å²) in [5, 5.41) is 10.3. The molecule has 1 aliphatic carbocycles. The van der Waals surface area contributed by atoms with Crippen molar-refractivity contribution in [3.63, 3.8) is 0 Å². The van der Waals surface area contributed by atoms with Crippen LogP contribution in [0.1, 0.15) is 11.4 Å². The number of aromatic amines is 1. The maximum atomic E-state index is 3.86. The number of H-pyrrole nitrogens is 1. The van der Waals surface area contributed by atoms with E-state index in [1.165, 1.54) is 5.69 Å². The zero-order valence-corrected chi connectivity index (χ0v) is 4.39. The van der Waals surface area contributed by atoms with Crippen molar-refractivity contribution in [1.29, 1.82) is 0 Å². The molecule has 1 N–H and O–H groups in total. The van der Waals surface area contributed by atoms with E-state index in [2.05, 4.69) is 21.8 Å². The second kappa shape index (κ2) is 1.31. The summed E-state index contributed by atoms with van der Waals surface area (Å²) in [6, 6.07) is 0. The van der Waals surface area contributed by atoms with Gasteiger partial charge < -0.3 is 0 Å². The summed E-state index contributed by atoms with van der Waals surface area (Å²) in [6.07, 6.45) is 4.20. The van der Waals surface area contributed by atoms with Crippen LogP contribution in [0.5, 0.6) is 0 Å². The number of aromatic nitrogens is 3. The highest BCUT2D eigenvalue weighted by molar-refractivity contribution is 5.19. The van der Waals surface area contributed by atoms with Gasteiger partial charge in [0, 0.05) is 0 Å². The normalized spacial score (nSPS) is 16.5. The number of hydrogen-bond donors (Lipinski definition) is 1. The molecule has 0 fully saturated rings. The summed E-state index contributed by atoms with van der Waals surface area (Å²) < 4.78 is 0. The van der Waals surface area contributed by atoms with Crippen LogP contribution in [0, 0.1) is 6.42 Å². The van der Waals surface area contributed by atoms with E-state index in [1.807, 2.05) is 0 Å². The molecule has 2 rings (SSSR count). The maximum absolute atomic E-state index is 3.86. The summed E-state index contributed by atoms with van der Waals surface area (Å²) in [5.41, 5.74) is 2.30. The number of nitrogens with zero attached hydrogens (tertiary/aromatic N) is 2. The van der Waals surface area contributed by atoms with E-state index in [0.717, 1.165) is 18.5 Å². The van der Waals surface area contributed by atoms with Crippen LogP contribution in [0.25, 0.3) is 0 Å². The van der Waals surface area contributed by atoms with Crippen molar-refractivity contribution >= 4 is 0 Å². The van der Waals surface area contributed by atoms with Crippen LogP contribution < -0.4 is 0 Å². The zero-order chi connectivity index (χ0) is 5.40. The minimum absolute atomic E-state index is 0.992. The van der Waals surface area contributed by atoms with Crippen LogP contribution in [0.3, 0.4) is 0 Å². The molecule has 0 aromatic carbocycles. The quantitative estimate of drug-likeness (QED) is 0.512. The summed E-state index contributed by atoms with van der Waals surface area (Å²) in [4.78, 5) is 0. The molecule has 1 aliphatic rings. The average Bonchev–Trinajstić information content (AvgIpc) is 2.15. The first-order valence-corrected chi connectivity index (χ1v) is 2.67. The van der Waals surface area contributed by atoms with Crippen LogP contribution in [0.15, 0.2) is 0 Å². The molecule has 8 heavy (non-hydrogen) atoms. The number of rotatable bonds is 0. The highest BCUT2D eigenvalue weighted by atomic mass is 15.3. The third-order valence-corrected chi connectivity index (χ3v) is 1.39. The lowest BCUT2D eigenvalue weighted by Crippen LogP contribution is -1.78. The average molecular weight is 108 g/mol. The second-order valence-corrected chi connectivity index (χ2v) is 1.93. The van der Waals surface area contributed by atoms with Gasteiger partial charge in [-0.15, -0.1) is 5.10 Å². The van der Waals surface area contributed by atoms with Gasteiger partial charge in [0.15, 0.2) is 0 Å². The molecular weight excluding hydrogens is 102 g/mol. The molecule has 0 atom stereocenters. The van der Waals surface area contributed by atoms with Crippen LogP contribution >= 0.6 is 0 Å². The third-order valence-electron chi connectivity index (χ3n) is 1.39. The SMILES string of the molecule is [CH]1Cc2nn[nH]c2C1. The Morgan fingerprint density at radius 3 is 3.38 bits per heavy atom. The molecule has 0 saturated carbocycles. The van der Waals surface area contributed by atoms with Crippen molar-refractivity contribution in [2.45, 2.75) is 12.8 Å². The Bertz CT molecular complexity index is 173. The van der Waals surface area contributed by atoms with Gasteiger partial charge in [-0.2, -0.15) is 0 Å². The van der Waals surface area contributed by atoms with Gasteiger partial charge in [-0.1, -0.05) is 5.21 Å². The van der Waals surface area contributed by atoms with Crippen molar-refractivity contribution in [3.8, 4) is 0 Å². The highest BCUT2D eigenvalue weighted by Crippen LogP contribution is 2.13.